The first-order chi connectivity index (χ1) is 11.5. The van der Waals surface area contributed by atoms with Crippen LogP contribution in [0.5, 0.6) is 0 Å². The molecule has 132 valence electrons. The number of carbonyl (C=O) groups excluding carboxylic acids is 2. The minimum absolute atomic E-state index is 0.114. The zero-order valence-corrected chi connectivity index (χ0v) is 15.1. The fourth-order valence-corrected chi connectivity index (χ4v) is 4.50. The molecular formula is C17H26N4O2S. The first-order valence-corrected chi connectivity index (χ1v) is 9.46. The van der Waals surface area contributed by atoms with Gasteiger partial charge < -0.3 is 20.4 Å². The van der Waals surface area contributed by atoms with Gasteiger partial charge in [0.25, 0.3) is 5.91 Å². The Kier molecular flexibility index (Phi) is 5.53. The van der Waals surface area contributed by atoms with Crippen molar-refractivity contribution >= 4 is 23.2 Å². The van der Waals surface area contributed by atoms with Crippen molar-refractivity contribution in [2.45, 2.75) is 25.3 Å². The van der Waals surface area contributed by atoms with Crippen LogP contribution >= 0.6 is 11.3 Å². The minimum atomic E-state index is -0.391. The topological polar surface area (TPSA) is 69.9 Å². The lowest BCUT2D eigenvalue weighted by molar-refractivity contribution is -0.132. The molecule has 0 spiro atoms. The van der Waals surface area contributed by atoms with Gasteiger partial charge in [0, 0.05) is 50.6 Å². The molecule has 1 aromatic rings. The zero-order chi connectivity index (χ0) is 17.1. The largest absolute Gasteiger partial charge is 0.365 e. The van der Waals surface area contributed by atoms with Crippen LogP contribution in [-0.2, 0) is 4.79 Å². The summed E-state index contributed by atoms with van der Waals surface area (Å²) in [6.07, 6.45) is 2.57. The van der Waals surface area contributed by atoms with Gasteiger partial charge >= 0.3 is 0 Å². The number of carbonyl (C=O) groups is 2. The molecule has 0 unspecified atom stereocenters. The molecule has 3 heterocycles. The van der Waals surface area contributed by atoms with Crippen LogP contribution < -0.4 is 5.73 Å². The number of hydrogen-bond donors (Lipinski definition) is 1. The molecular weight excluding hydrogens is 324 g/mol. The summed E-state index contributed by atoms with van der Waals surface area (Å²) in [7, 11) is 2.14. The maximum atomic E-state index is 12.7. The van der Waals surface area contributed by atoms with Crippen LogP contribution in [-0.4, -0.2) is 72.8 Å². The van der Waals surface area contributed by atoms with Crippen molar-refractivity contribution in [2.24, 2.45) is 5.73 Å². The van der Waals surface area contributed by atoms with E-state index in [1.165, 1.54) is 11.3 Å². The second-order valence-electron chi connectivity index (χ2n) is 6.71. The number of likely N-dealkylation sites (N-methyl/N-ethyl adjacent to an activating group) is 1. The molecule has 0 radical (unpaired) electrons. The van der Waals surface area contributed by atoms with Gasteiger partial charge in [0.1, 0.15) is 0 Å². The van der Waals surface area contributed by atoms with Gasteiger partial charge in [-0.1, -0.05) is 0 Å². The number of amides is 2. The number of nitrogens with two attached hydrogens (primary N) is 1. The predicted molar refractivity (Wildman–Crippen MR) is 95.1 cm³/mol. The molecule has 7 heteroatoms. The lowest BCUT2D eigenvalue weighted by Crippen LogP contribution is -2.45. The molecule has 1 aromatic heterocycles. The SMILES string of the molecule is CN1CCN(CCC(=O)N2CCC[C@@H]2c2ccc(C(N)=O)s2)CC1. The molecule has 1 atom stereocenters. The summed E-state index contributed by atoms with van der Waals surface area (Å²) in [6.45, 7) is 5.89. The number of likely N-dealkylation sites (tertiary alicyclic amines) is 1. The lowest BCUT2D eigenvalue weighted by Gasteiger charge is -2.33. The molecule has 2 aliphatic heterocycles. The van der Waals surface area contributed by atoms with Crippen molar-refractivity contribution in [1.29, 1.82) is 0 Å². The van der Waals surface area contributed by atoms with Crippen LogP contribution in [0.1, 0.15) is 39.9 Å². The highest BCUT2D eigenvalue weighted by Gasteiger charge is 2.31. The molecule has 2 amide bonds. The fraction of sp³-hybridized carbons (Fsp3) is 0.647. The molecule has 24 heavy (non-hydrogen) atoms. The van der Waals surface area contributed by atoms with E-state index >= 15 is 0 Å². The second kappa shape index (κ2) is 7.63. The number of piperazine rings is 1. The van der Waals surface area contributed by atoms with Gasteiger partial charge in [0.05, 0.1) is 10.9 Å². The van der Waals surface area contributed by atoms with Crippen molar-refractivity contribution in [2.75, 3.05) is 46.3 Å². The predicted octanol–water partition coefficient (Wildman–Crippen LogP) is 1.15. The van der Waals surface area contributed by atoms with Gasteiger partial charge in [0.2, 0.25) is 5.91 Å². The molecule has 0 saturated carbocycles. The summed E-state index contributed by atoms with van der Waals surface area (Å²) in [4.78, 5) is 32.3. The summed E-state index contributed by atoms with van der Waals surface area (Å²) in [5, 5.41) is 0. The molecule has 0 aliphatic carbocycles. The van der Waals surface area contributed by atoms with Crippen molar-refractivity contribution in [3.05, 3.63) is 21.9 Å². The lowest BCUT2D eigenvalue weighted by atomic mass is 10.1. The molecule has 6 nitrogen and oxygen atoms in total. The maximum absolute atomic E-state index is 12.7. The van der Waals surface area contributed by atoms with E-state index in [0.29, 0.717) is 11.3 Å². The van der Waals surface area contributed by atoms with E-state index in [-0.39, 0.29) is 11.9 Å². The number of rotatable bonds is 5. The summed E-state index contributed by atoms with van der Waals surface area (Å²) in [5.74, 6) is -0.164. The monoisotopic (exact) mass is 350 g/mol. The van der Waals surface area contributed by atoms with Gasteiger partial charge in [-0.05, 0) is 32.0 Å². The Hall–Kier alpha value is -1.44. The average Bonchev–Trinajstić information content (AvgIpc) is 3.22. The zero-order valence-electron chi connectivity index (χ0n) is 14.2. The van der Waals surface area contributed by atoms with E-state index in [1.54, 1.807) is 6.07 Å². The van der Waals surface area contributed by atoms with E-state index in [4.69, 9.17) is 5.73 Å². The summed E-state index contributed by atoms with van der Waals surface area (Å²) in [5.41, 5.74) is 5.34. The Balaban J connectivity index is 1.56. The molecule has 0 bridgehead atoms. The van der Waals surface area contributed by atoms with E-state index in [2.05, 4.69) is 16.8 Å². The Morgan fingerprint density at radius 1 is 1.21 bits per heavy atom. The minimum Gasteiger partial charge on any atom is -0.365 e. The summed E-state index contributed by atoms with van der Waals surface area (Å²) in [6, 6.07) is 3.83. The summed E-state index contributed by atoms with van der Waals surface area (Å²) < 4.78 is 0. The normalized spacial score (nSPS) is 22.9. The van der Waals surface area contributed by atoms with Gasteiger partial charge in [0.15, 0.2) is 0 Å². The molecule has 3 rings (SSSR count). The standard InChI is InChI=1S/C17H26N4O2S/c1-19-9-11-20(12-10-19)8-6-16(22)21-7-2-3-13(21)14-4-5-15(24-14)17(18)23/h4-5,13H,2-3,6-12H2,1H3,(H2,18,23)/t13-/m1/s1. The van der Waals surface area contributed by atoms with E-state index in [9.17, 15) is 9.59 Å². The maximum Gasteiger partial charge on any atom is 0.258 e. The van der Waals surface area contributed by atoms with E-state index in [1.807, 2.05) is 11.0 Å². The van der Waals surface area contributed by atoms with Gasteiger partial charge in [-0.15, -0.1) is 11.3 Å². The number of nitrogens with zero attached hydrogens (tertiary/aromatic N) is 3. The average molecular weight is 350 g/mol. The van der Waals surface area contributed by atoms with Gasteiger partial charge in [-0.3, -0.25) is 9.59 Å². The fourth-order valence-electron chi connectivity index (χ4n) is 3.49. The Bertz CT molecular complexity index is 595. The number of primary amides is 1. The van der Waals surface area contributed by atoms with Crippen LogP contribution in [0.15, 0.2) is 12.1 Å². The molecule has 0 aromatic carbocycles. The molecule has 2 aliphatic rings. The highest BCUT2D eigenvalue weighted by molar-refractivity contribution is 7.14. The summed E-state index contributed by atoms with van der Waals surface area (Å²) >= 11 is 1.42. The highest BCUT2D eigenvalue weighted by Crippen LogP contribution is 2.36. The second-order valence-corrected chi connectivity index (χ2v) is 7.82. The Labute approximate surface area is 147 Å². The number of thiophene rings is 1. The third-order valence-corrected chi connectivity index (χ3v) is 6.21. The van der Waals surface area contributed by atoms with Crippen molar-refractivity contribution < 1.29 is 9.59 Å². The molecule has 2 fully saturated rings. The smallest absolute Gasteiger partial charge is 0.258 e. The Morgan fingerprint density at radius 2 is 1.96 bits per heavy atom. The van der Waals surface area contributed by atoms with Crippen LogP contribution in [0, 0.1) is 0 Å². The van der Waals surface area contributed by atoms with Crippen molar-refractivity contribution in [3.8, 4) is 0 Å². The third kappa shape index (κ3) is 3.96. The van der Waals surface area contributed by atoms with Crippen LogP contribution in [0.2, 0.25) is 0 Å². The molecule has 2 N–H and O–H groups in total. The highest BCUT2D eigenvalue weighted by atomic mass is 32.1. The Morgan fingerprint density at radius 3 is 2.62 bits per heavy atom. The van der Waals surface area contributed by atoms with Crippen LogP contribution in [0.4, 0.5) is 0 Å². The van der Waals surface area contributed by atoms with Gasteiger partial charge in [-0.25, -0.2) is 0 Å². The quantitative estimate of drug-likeness (QED) is 0.865. The first kappa shape index (κ1) is 17.4. The third-order valence-electron chi connectivity index (χ3n) is 5.01. The first-order valence-electron chi connectivity index (χ1n) is 8.64. The number of hydrogen-bond acceptors (Lipinski definition) is 5. The molecule has 2 saturated heterocycles. The van der Waals surface area contributed by atoms with E-state index in [0.717, 1.165) is 57.0 Å². The van der Waals surface area contributed by atoms with E-state index < -0.39 is 5.91 Å². The van der Waals surface area contributed by atoms with Gasteiger partial charge in [-0.2, -0.15) is 0 Å². The van der Waals surface area contributed by atoms with Crippen LogP contribution in [0.25, 0.3) is 0 Å². The van der Waals surface area contributed by atoms with Crippen molar-refractivity contribution in [1.82, 2.24) is 14.7 Å². The van der Waals surface area contributed by atoms with Crippen LogP contribution in [0.3, 0.4) is 0 Å². The van der Waals surface area contributed by atoms with Crippen molar-refractivity contribution in [3.63, 3.8) is 0 Å².